The van der Waals surface area contributed by atoms with Crippen molar-refractivity contribution in [3.05, 3.63) is 59.4 Å². The van der Waals surface area contributed by atoms with Crippen LogP contribution in [0.5, 0.6) is 11.5 Å². The maximum Gasteiger partial charge on any atom is 0.191 e. The summed E-state index contributed by atoms with van der Waals surface area (Å²) in [5.74, 6) is 2.06. The van der Waals surface area contributed by atoms with Crippen LogP contribution in [0.4, 0.5) is 4.39 Å². The van der Waals surface area contributed by atoms with E-state index in [1.165, 1.54) is 12.1 Å². The Morgan fingerprint density at radius 1 is 1.04 bits per heavy atom. The standard InChI is InChI=1S/C21H26FN3O2/c1-21(2,16-6-9-18-19(12-16)27-11-10-26-18)14-25-20(23-3)24-13-15-4-7-17(22)8-5-15/h4-9,12H,10-11,13-14H2,1-3H3,(H2,23,24,25). The number of aliphatic imine (C=N–C) groups is 1. The summed E-state index contributed by atoms with van der Waals surface area (Å²) in [6, 6.07) is 12.5. The highest BCUT2D eigenvalue weighted by Crippen LogP contribution is 2.34. The van der Waals surface area contributed by atoms with Crippen LogP contribution in [0.1, 0.15) is 25.0 Å². The van der Waals surface area contributed by atoms with E-state index >= 15 is 0 Å². The third kappa shape index (κ3) is 4.90. The maximum absolute atomic E-state index is 13.0. The van der Waals surface area contributed by atoms with Gasteiger partial charge in [0.2, 0.25) is 0 Å². The zero-order valence-electron chi connectivity index (χ0n) is 16.0. The molecule has 0 saturated heterocycles. The molecule has 0 radical (unpaired) electrons. The van der Waals surface area contributed by atoms with E-state index in [0.29, 0.717) is 32.3 Å². The van der Waals surface area contributed by atoms with Gasteiger partial charge in [-0.25, -0.2) is 4.39 Å². The van der Waals surface area contributed by atoms with Crippen LogP contribution in [0.25, 0.3) is 0 Å². The van der Waals surface area contributed by atoms with Gasteiger partial charge in [0.1, 0.15) is 19.0 Å². The van der Waals surface area contributed by atoms with E-state index in [0.717, 1.165) is 22.6 Å². The van der Waals surface area contributed by atoms with Crippen LogP contribution in [0.15, 0.2) is 47.5 Å². The number of halogens is 1. The molecule has 1 aliphatic heterocycles. The second-order valence-electron chi connectivity index (χ2n) is 7.15. The van der Waals surface area contributed by atoms with Gasteiger partial charge in [-0.2, -0.15) is 0 Å². The van der Waals surface area contributed by atoms with E-state index in [2.05, 4.69) is 35.5 Å². The lowest BCUT2D eigenvalue weighted by Gasteiger charge is -2.28. The lowest BCUT2D eigenvalue weighted by molar-refractivity contribution is 0.171. The van der Waals surface area contributed by atoms with Crippen LogP contribution < -0.4 is 20.1 Å². The summed E-state index contributed by atoms with van der Waals surface area (Å²) in [4.78, 5) is 4.26. The summed E-state index contributed by atoms with van der Waals surface area (Å²) in [5, 5.41) is 6.61. The van der Waals surface area contributed by atoms with E-state index in [1.54, 1.807) is 19.2 Å². The van der Waals surface area contributed by atoms with Gasteiger partial charge in [0.15, 0.2) is 17.5 Å². The Labute approximate surface area is 159 Å². The third-order valence-corrected chi connectivity index (χ3v) is 4.62. The molecule has 0 amide bonds. The fraction of sp³-hybridized carbons (Fsp3) is 0.381. The van der Waals surface area contributed by atoms with E-state index in [1.807, 2.05) is 12.1 Å². The SMILES string of the molecule is CN=C(NCc1ccc(F)cc1)NCC(C)(C)c1ccc2c(c1)OCCO2. The molecule has 2 aromatic carbocycles. The number of benzene rings is 2. The topological polar surface area (TPSA) is 54.9 Å². The second-order valence-corrected chi connectivity index (χ2v) is 7.15. The molecule has 144 valence electrons. The average Bonchev–Trinajstić information content (AvgIpc) is 2.69. The highest BCUT2D eigenvalue weighted by atomic mass is 19.1. The van der Waals surface area contributed by atoms with E-state index in [-0.39, 0.29) is 11.2 Å². The van der Waals surface area contributed by atoms with Gasteiger partial charge >= 0.3 is 0 Å². The molecule has 27 heavy (non-hydrogen) atoms. The van der Waals surface area contributed by atoms with Gasteiger partial charge in [-0.05, 0) is 35.4 Å². The molecule has 0 bridgehead atoms. The van der Waals surface area contributed by atoms with Crippen LogP contribution in [-0.4, -0.2) is 32.8 Å². The highest BCUT2D eigenvalue weighted by Gasteiger charge is 2.23. The molecule has 1 heterocycles. The molecule has 2 N–H and O–H groups in total. The van der Waals surface area contributed by atoms with Crippen molar-refractivity contribution in [3.8, 4) is 11.5 Å². The molecule has 0 aromatic heterocycles. The Morgan fingerprint density at radius 3 is 2.44 bits per heavy atom. The highest BCUT2D eigenvalue weighted by molar-refractivity contribution is 5.79. The molecule has 2 aromatic rings. The van der Waals surface area contributed by atoms with Crippen molar-refractivity contribution in [1.29, 1.82) is 0 Å². The number of ether oxygens (including phenoxy) is 2. The Kier molecular flexibility index (Phi) is 5.84. The lowest BCUT2D eigenvalue weighted by atomic mass is 9.84. The maximum atomic E-state index is 13.0. The van der Waals surface area contributed by atoms with Gasteiger partial charge in [-0.1, -0.05) is 32.0 Å². The van der Waals surface area contributed by atoms with Crippen molar-refractivity contribution < 1.29 is 13.9 Å². The van der Waals surface area contributed by atoms with Gasteiger partial charge in [0.05, 0.1) is 0 Å². The van der Waals surface area contributed by atoms with Crippen molar-refractivity contribution in [3.63, 3.8) is 0 Å². The summed E-state index contributed by atoms with van der Waals surface area (Å²) in [6.07, 6.45) is 0. The first-order valence-corrected chi connectivity index (χ1v) is 9.07. The van der Waals surface area contributed by atoms with Crippen LogP contribution >= 0.6 is 0 Å². The van der Waals surface area contributed by atoms with Gasteiger partial charge in [0.25, 0.3) is 0 Å². The monoisotopic (exact) mass is 371 g/mol. The molecular formula is C21H26FN3O2. The minimum Gasteiger partial charge on any atom is -0.486 e. The number of nitrogens with one attached hydrogen (secondary N) is 2. The summed E-state index contributed by atoms with van der Waals surface area (Å²) in [5.41, 5.74) is 2.02. The summed E-state index contributed by atoms with van der Waals surface area (Å²) in [6.45, 7) is 6.76. The molecule has 5 nitrogen and oxygen atoms in total. The van der Waals surface area contributed by atoms with Gasteiger partial charge < -0.3 is 20.1 Å². The number of rotatable bonds is 5. The second kappa shape index (κ2) is 8.29. The van der Waals surface area contributed by atoms with Crippen molar-refractivity contribution >= 4 is 5.96 Å². The van der Waals surface area contributed by atoms with E-state index < -0.39 is 0 Å². The number of hydrogen-bond donors (Lipinski definition) is 2. The zero-order valence-corrected chi connectivity index (χ0v) is 16.0. The number of nitrogens with zero attached hydrogens (tertiary/aromatic N) is 1. The van der Waals surface area contributed by atoms with Gasteiger partial charge in [-0.3, -0.25) is 4.99 Å². The Hall–Kier alpha value is -2.76. The van der Waals surface area contributed by atoms with Crippen molar-refractivity contribution in [2.24, 2.45) is 4.99 Å². The molecule has 6 heteroatoms. The molecule has 0 saturated carbocycles. The molecule has 3 rings (SSSR count). The number of guanidine groups is 1. The van der Waals surface area contributed by atoms with Crippen molar-refractivity contribution in [1.82, 2.24) is 10.6 Å². The van der Waals surface area contributed by atoms with Crippen molar-refractivity contribution in [2.45, 2.75) is 25.8 Å². The fourth-order valence-corrected chi connectivity index (χ4v) is 2.88. The normalized spacial score (nSPS) is 14.0. The minimum absolute atomic E-state index is 0.136. The quantitative estimate of drug-likeness (QED) is 0.626. The minimum atomic E-state index is -0.234. The molecule has 0 atom stereocenters. The Morgan fingerprint density at radius 2 is 1.74 bits per heavy atom. The molecule has 0 unspecified atom stereocenters. The summed E-state index contributed by atoms with van der Waals surface area (Å²) >= 11 is 0. The van der Waals surface area contributed by atoms with Crippen LogP contribution in [-0.2, 0) is 12.0 Å². The number of hydrogen-bond acceptors (Lipinski definition) is 3. The van der Waals surface area contributed by atoms with Gasteiger partial charge in [-0.15, -0.1) is 0 Å². The van der Waals surface area contributed by atoms with Crippen molar-refractivity contribution in [2.75, 3.05) is 26.8 Å². The largest absolute Gasteiger partial charge is 0.486 e. The molecule has 0 aliphatic carbocycles. The third-order valence-electron chi connectivity index (χ3n) is 4.62. The zero-order chi connectivity index (χ0) is 19.3. The average molecular weight is 371 g/mol. The molecule has 1 aliphatic rings. The smallest absolute Gasteiger partial charge is 0.191 e. The van der Waals surface area contributed by atoms with Gasteiger partial charge in [0, 0.05) is 25.6 Å². The molecule has 0 fully saturated rings. The fourth-order valence-electron chi connectivity index (χ4n) is 2.88. The lowest BCUT2D eigenvalue weighted by Crippen LogP contribution is -2.43. The molecular weight excluding hydrogens is 345 g/mol. The number of fused-ring (bicyclic) bond motifs is 1. The van der Waals surface area contributed by atoms with Crippen LogP contribution in [0.3, 0.4) is 0 Å². The summed E-state index contributed by atoms with van der Waals surface area (Å²) < 4.78 is 24.3. The van der Waals surface area contributed by atoms with E-state index in [9.17, 15) is 4.39 Å². The Bertz CT molecular complexity index is 804. The predicted molar refractivity (Wildman–Crippen MR) is 105 cm³/mol. The first-order valence-electron chi connectivity index (χ1n) is 9.07. The first kappa shape index (κ1) is 19.0. The van der Waals surface area contributed by atoms with Crippen LogP contribution in [0, 0.1) is 5.82 Å². The van der Waals surface area contributed by atoms with E-state index in [4.69, 9.17) is 9.47 Å². The Balaban J connectivity index is 1.58. The molecule has 0 spiro atoms. The van der Waals surface area contributed by atoms with Crippen LogP contribution in [0.2, 0.25) is 0 Å². The predicted octanol–water partition coefficient (Wildman–Crippen LogP) is 3.24. The summed E-state index contributed by atoms with van der Waals surface area (Å²) in [7, 11) is 1.73. The first-order chi connectivity index (χ1) is 13.0.